The van der Waals surface area contributed by atoms with Gasteiger partial charge in [-0.25, -0.2) is 9.78 Å². The van der Waals surface area contributed by atoms with Crippen molar-refractivity contribution in [1.29, 1.82) is 0 Å². The lowest BCUT2D eigenvalue weighted by Gasteiger charge is -2.55. The molecule has 32 heavy (non-hydrogen) atoms. The Hall–Kier alpha value is -3.01. The van der Waals surface area contributed by atoms with Crippen molar-refractivity contribution in [1.82, 2.24) is 4.98 Å². The van der Waals surface area contributed by atoms with E-state index in [1.54, 1.807) is 6.07 Å². The summed E-state index contributed by atoms with van der Waals surface area (Å²) in [6.07, 6.45) is 6.84. The number of para-hydroxylation sites is 1. The van der Waals surface area contributed by atoms with Crippen LogP contribution in [0.1, 0.15) is 48.9 Å². The van der Waals surface area contributed by atoms with Crippen LogP contribution in [0.5, 0.6) is 0 Å². The van der Waals surface area contributed by atoms with Crippen LogP contribution in [-0.2, 0) is 9.53 Å². The van der Waals surface area contributed by atoms with Crippen LogP contribution in [0.25, 0.3) is 22.2 Å². The molecule has 4 heteroatoms. The van der Waals surface area contributed by atoms with Crippen molar-refractivity contribution in [3.05, 3.63) is 66.2 Å². The second-order valence-corrected chi connectivity index (χ2v) is 10.1. The monoisotopic (exact) mass is 425 g/mol. The topological polar surface area (TPSA) is 56.3 Å². The van der Waals surface area contributed by atoms with Crippen molar-refractivity contribution >= 4 is 22.7 Å². The Morgan fingerprint density at radius 2 is 1.50 bits per heavy atom. The second-order valence-electron chi connectivity index (χ2n) is 10.1. The molecule has 162 valence electrons. The molecule has 0 saturated heterocycles. The van der Waals surface area contributed by atoms with E-state index < -0.39 is 5.97 Å². The average molecular weight is 426 g/mol. The Bertz CT molecular complexity index is 1160. The average Bonchev–Trinajstić information content (AvgIpc) is 2.81. The van der Waals surface area contributed by atoms with E-state index in [0.29, 0.717) is 23.3 Å². The van der Waals surface area contributed by atoms with Gasteiger partial charge in [0.05, 0.1) is 16.8 Å². The van der Waals surface area contributed by atoms with Crippen molar-refractivity contribution in [2.24, 2.45) is 23.2 Å². The number of fused-ring (bicyclic) bond motifs is 1. The molecule has 7 rings (SSSR count). The number of ether oxygens (including phenoxy) is 1. The molecule has 2 aromatic carbocycles. The highest BCUT2D eigenvalue weighted by Crippen LogP contribution is 2.60. The van der Waals surface area contributed by atoms with Crippen LogP contribution in [-0.4, -0.2) is 23.3 Å². The number of benzene rings is 2. The fourth-order valence-electron chi connectivity index (χ4n) is 6.92. The third-order valence-corrected chi connectivity index (χ3v) is 7.97. The summed E-state index contributed by atoms with van der Waals surface area (Å²) < 4.78 is 5.66. The van der Waals surface area contributed by atoms with Gasteiger partial charge in [0.25, 0.3) is 0 Å². The minimum atomic E-state index is -0.446. The smallest absolute Gasteiger partial charge is 0.339 e. The molecule has 4 aliphatic rings. The zero-order valence-electron chi connectivity index (χ0n) is 18.1. The lowest BCUT2D eigenvalue weighted by Crippen LogP contribution is -2.51. The molecule has 0 radical (unpaired) electrons. The van der Waals surface area contributed by atoms with E-state index in [9.17, 15) is 9.59 Å². The predicted molar refractivity (Wildman–Crippen MR) is 123 cm³/mol. The minimum Gasteiger partial charge on any atom is -0.454 e. The summed E-state index contributed by atoms with van der Waals surface area (Å²) in [6, 6.07) is 19.2. The number of rotatable bonds is 5. The first-order valence-corrected chi connectivity index (χ1v) is 11.8. The highest BCUT2D eigenvalue weighted by atomic mass is 16.5. The van der Waals surface area contributed by atoms with Gasteiger partial charge in [-0.3, -0.25) is 4.79 Å². The van der Waals surface area contributed by atoms with E-state index in [2.05, 4.69) is 0 Å². The van der Waals surface area contributed by atoms with E-state index >= 15 is 0 Å². The summed E-state index contributed by atoms with van der Waals surface area (Å²) in [5, 5.41) is 0.749. The Morgan fingerprint density at radius 3 is 2.19 bits per heavy atom. The molecular formula is C28H27NO3. The van der Waals surface area contributed by atoms with Crippen molar-refractivity contribution in [2.75, 3.05) is 6.61 Å². The highest BCUT2D eigenvalue weighted by molar-refractivity contribution is 6.05. The molecule has 0 atom stereocenters. The van der Waals surface area contributed by atoms with Gasteiger partial charge in [0.1, 0.15) is 0 Å². The Labute approximate surface area is 188 Å². The molecule has 3 aromatic rings. The molecule has 0 unspecified atom stereocenters. The Kier molecular flexibility index (Phi) is 4.63. The summed E-state index contributed by atoms with van der Waals surface area (Å²) in [7, 11) is 0. The van der Waals surface area contributed by atoms with Crippen molar-refractivity contribution in [3.63, 3.8) is 0 Å². The zero-order chi connectivity index (χ0) is 21.7. The summed E-state index contributed by atoms with van der Waals surface area (Å²) >= 11 is 0. The molecule has 4 saturated carbocycles. The van der Waals surface area contributed by atoms with Gasteiger partial charge in [-0.2, -0.15) is 0 Å². The normalized spacial score (nSPS) is 28.1. The SMILES string of the molecule is O=C(OCC(=O)C12CC3CC(CC(C3)C1)C2)c1cc(-c2ccccc2)nc2ccccc12. The maximum absolute atomic E-state index is 13.3. The van der Waals surface area contributed by atoms with E-state index in [0.717, 1.165) is 41.4 Å². The highest BCUT2D eigenvalue weighted by Gasteiger charge is 2.54. The maximum Gasteiger partial charge on any atom is 0.339 e. The fraction of sp³-hybridized carbons (Fsp3) is 0.393. The van der Waals surface area contributed by atoms with E-state index in [4.69, 9.17) is 9.72 Å². The first-order valence-electron chi connectivity index (χ1n) is 11.8. The molecule has 4 bridgehead atoms. The van der Waals surface area contributed by atoms with Gasteiger partial charge in [0.15, 0.2) is 12.4 Å². The number of esters is 1. The number of Topliss-reactive ketones (excluding diaryl/α,β-unsaturated/α-hetero) is 1. The Balaban J connectivity index is 1.26. The van der Waals surface area contributed by atoms with Crippen molar-refractivity contribution in [3.8, 4) is 11.3 Å². The molecule has 4 fully saturated rings. The summed E-state index contributed by atoms with van der Waals surface area (Å²) in [6.45, 7) is -0.123. The van der Waals surface area contributed by atoms with Gasteiger partial charge < -0.3 is 4.74 Å². The van der Waals surface area contributed by atoms with Gasteiger partial charge in [-0.15, -0.1) is 0 Å². The summed E-state index contributed by atoms with van der Waals surface area (Å²) in [4.78, 5) is 31.2. The summed E-state index contributed by atoms with van der Waals surface area (Å²) in [5.74, 6) is 1.76. The van der Waals surface area contributed by atoms with Crippen LogP contribution in [0.4, 0.5) is 0 Å². The van der Waals surface area contributed by atoms with E-state index in [-0.39, 0.29) is 17.8 Å². The van der Waals surface area contributed by atoms with Crippen LogP contribution >= 0.6 is 0 Å². The molecule has 0 N–H and O–H groups in total. The number of nitrogens with zero attached hydrogens (tertiary/aromatic N) is 1. The molecule has 1 aromatic heterocycles. The van der Waals surface area contributed by atoms with Crippen molar-refractivity contribution in [2.45, 2.75) is 38.5 Å². The number of hydrogen-bond acceptors (Lipinski definition) is 4. The Morgan fingerprint density at radius 1 is 0.875 bits per heavy atom. The van der Waals surface area contributed by atoms with Gasteiger partial charge in [0.2, 0.25) is 0 Å². The number of carbonyl (C=O) groups excluding carboxylic acids is 2. The third-order valence-electron chi connectivity index (χ3n) is 7.97. The lowest BCUT2D eigenvalue weighted by molar-refractivity contribution is -0.147. The molecule has 0 aliphatic heterocycles. The van der Waals surface area contributed by atoms with Gasteiger partial charge in [-0.05, 0) is 68.4 Å². The van der Waals surface area contributed by atoms with Crippen LogP contribution in [0.2, 0.25) is 0 Å². The van der Waals surface area contributed by atoms with E-state index in [1.807, 2.05) is 54.6 Å². The summed E-state index contributed by atoms with van der Waals surface area (Å²) in [5.41, 5.74) is 2.63. The third kappa shape index (κ3) is 3.33. The van der Waals surface area contributed by atoms with Gasteiger partial charge >= 0.3 is 5.97 Å². The quantitative estimate of drug-likeness (QED) is 0.482. The fourth-order valence-corrected chi connectivity index (χ4v) is 6.92. The van der Waals surface area contributed by atoms with Crippen LogP contribution in [0, 0.1) is 23.2 Å². The predicted octanol–water partition coefficient (Wildman–Crippen LogP) is 5.84. The molecule has 0 spiro atoms. The number of ketones is 1. The molecule has 4 nitrogen and oxygen atoms in total. The van der Waals surface area contributed by atoms with Crippen LogP contribution < -0.4 is 0 Å². The largest absolute Gasteiger partial charge is 0.454 e. The van der Waals surface area contributed by atoms with E-state index in [1.165, 1.54) is 19.3 Å². The van der Waals surface area contributed by atoms with Gasteiger partial charge in [-0.1, -0.05) is 48.5 Å². The van der Waals surface area contributed by atoms with Crippen molar-refractivity contribution < 1.29 is 14.3 Å². The maximum atomic E-state index is 13.3. The van der Waals surface area contributed by atoms with Crippen LogP contribution in [0.15, 0.2) is 60.7 Å². The first-order chi connectivity index (χ1) is 15.6. The first kappa shape index (κ1) is 19.7. The second kappa shape index (κ2) is 7.54. The standard InChI is InChI=1S/C28H27NO3/c30-26(28-14-18-10-19(15-28)12-20(11-18)16-28)17-32-27(31)23-13-25(21-6-2-1-3-7-21)29-24-9-5-4-8-22(23)24/h1-9,13,18-20H,10-12,14-17H2. The number of carbonyl (C=O) groups is 2. The molecule has 0 amide bonds. The molecular weight excluding hydrogens is 398 g/mol. The number of hydrogen-bond donors (Lipinski definition) is 0. The zero-order valence-corrected chi connectivity index (χ0v) is 18.1. The number of aromatic nitrogens is 1. The van der Waals surface area contributed by atoms with Gasteiger partial charge in [0, 0.05) is 16.4 Å². The molecule has 4 aliphatic carbocycles. The molecule has 1 heterocycles. The minimum absolute atomic E-state index is 0.123. The van der Waals surface area contributed by atoms with Crippen LogP contribution in [0.3, 0.4) is 0 Å². The lowest BCUT2D eigenvalue weighted by atomic mass is 9.48. The number of pyridine rings is 1.